The van der Waals surface area contributed by atoms with Crippen molar-refractivity contribution < 1.29 is 13.2 Å². The van der Waals surface area contributed by atoms with Gasteiger partial charge in [-0.25, -0.2) is 8.42 Å². The van der Waals surface area contributed by atoms with Crippen molar-refractivity contribution in [2.75, 3.05) is 51.9 Å². The molecule has 108 valence electrons. The first-order valence-corrected chi connectivity index (χ1v) is 8.70. The number of sulfone groups is 1. The molecule has 1 fully saturated rings. The summed E-state index contributed by atoms with van der Waals surface area (Å²) < 4.78 is 27.2. The molecule has 5 nitrogen and oxygen atoms in total. The topological polar surface area (TPSA) is 58.6 Å². The Balaban J connectivity index is 2.18. The Kier molecular flexibility index (Phi) is 7.14. The van der Waals surface area contributed by atoms with Crippen LogP contribution >= 0.6 is 0 Å². The Morgan fingerprint density at radius 3 is 2.89 bits per heavy atom. The zero-order valence-electron chi connectivity index (χ0n) is 11.5. The van der Waals surface area contributed by atoms with E-state index in [1.807, 2.05) is 0 Å². The summed E-state index contributed by atoms with van der Waals surface area (Å²) >= 11 is 0. The summed E-state index contributed by atoms with van der Waals surface area (Å²) in [4.78, 5) is 2.41. The predicted octanol–water partition coefficient (Wildman–Crippen LogP) is 0.122. The maximum Gasteiger partial charge on any atom is 0.147 e. The molecule has 1 saturated heterocycles. The number of methoxy groups -OCH3 is 1. The lowest BCUT2D eigenvalue weighted by atomic mass is 10.2. The van der Waals surface area contributed by atoms with E-state index in [0.29, 0.717) is 11.8 Å². The first kappa shape index (κ1) is 15.9. The van der Waals surface area contributed by atoms with Gasteiger partial charge in [0.2, 0.25) is 0 Å². The van der Waals surface area contributed by atoms with Crippen molar-refractivity contribution in [3.8, 4) is 0 Å². The van der Waals surface area contributed by atoms with Gasteiger partial charge in [0.05, 0.1) is 12.4 Å². The number of nitrogens with zero attached hydrogens (tertiary/aromatic N) is 1. The fourth-order valence-electron chi connectivity index (χ4n) is 2.39. The molecule has 0 spiro atoms. The van der Waals surface area contributed by atoms with Gasteiger partial charge in [0.1, 0.15) is 9.84 Å². The molecule has 1 atom stereocenters. The Bertz CT molecular complexity index is 319. The molecule has 6 heteroatoms. The Hall–Kier alpha value is -0.170. The largest absolute Gasteiger partial charge is 0.383 e. The van der Waals surface area contributed by atoms with E-state index in [1.165, 1.54) is 19.1 Å². The van der Waals surface area contributed by atoms with Gasteiger partial charge in [0.15, 0.2) is 0 Å². The molecule has 0 aromatic rings. The Labute approximate surface area is 111 Å². The highest BCUT2D eigenvalue weighted by atomic mass is 32.2. The van der Waals surface area contributed by atoms with E-state index in [9.17, 15) is 8.42 Å². The van der Waals surface area contributed by atoms with Gasteiger partial charge in [0, 0.05) is 32.5 Å². The van der Waals surface area contributed by atoms with Gasteiger partial charge < -0.3 is 10.1 Å². The predicted molar refractivity (Wildman–Crippen MR) is 73.7 cm³/mol. The van der Waals surface area contributed by atoms with Crippen LogP contribution in [0.25, 0.3) is 0 Å². The van der Waals surface area contributed by atoms with Gasteiger partial charge in [-0.1, -0.05) is 0 Å². The fourth-order valence-corrected chi connectivity index (χ4v) is 3.05. The number of nitrogens with one attached hydrogen (secondary N) is 1. The van der Waals surface area contributed by atoms with Gasteiger partial charge in [-0.3, -0.25) is 4.90 Å². The number of rotatable bonds is 9. The number of ether oxygens (including phenoxy) is 1. The summed E-state index contributed by atoms with van der Waals surface area (Å²) in [6, 6.07) is 0.557. The third-order valence-electron chi connectivity index (χ3n) is 3.32. The molecule has 0 aliphatic carbocycles. The molecule has 18 heavy (non-hydrogen) atoms. The van der Waals surface area contributed by atoms with Crippen LogP contribution in [-0.2, 0) is 14.6 Å². The smallest absolute Gasteiger partial charge is 0.147 e. The molecular formula is C12H26N2O3S. The van der Waals surface area contributed by atoms with Gasteiger partial charge in [-0.2, -0.15) is 0 Å². The summed E-state index contributed by atoms with van der Waals surface area (Å²) in [7, 11) is -1.11. The van der Waals surface area contributed by atoms with Gasteiger partial charge in [-0.15, -0.1) is 0 Å². The van der Waals surface area contributed by atoms with E-state index in [2.05, 4.69) is 10.2 Å². The van der Waals surface area contributed by atoms with E-state index < -0.39 is 9.84 Å². The molecule has 1 N–H and O–H groups in total. The molecule has 0 aromatic carbocycles. The molecule has 1 rings (SSSR count). The molecule has 0 radical (unpaired) electrons. The monoisotopic (exact) mass is 278 g/mol. The summed E-state index contributed by atoms with van der Waals surface area (Å²) in [6.45, 7) is 4.58. The number of likely N-dealkylation sites (tertiary alicyclic amines) is 1. The van der Waals surface area contributed by atoms with Crippen molar-refractivity contribution in [1.29, 1.82) is 0 Å². The first-order valence-electron chi connectivity index (χ1n) is 6.64. The van der Waals surface area contributed by atoms with E-state index in [1.54, 1.807) is 7.11 Å². The minimum Gasteiger partial charge on any atom is -0.383 e. The van der Waals surface area contributed by atoms with Gasteiger partial charge in [-0.05, 0) is 32.4 Å². The van der Waals surface area contributed by atoms with E-state index in [0.717, 1.165) is 39.2 Å². The standard InChI is InChI=1S/C12H26N2O3S/c1-17-9-6-13-11-12-5-3-7-14(12)8-4-10-18(2,15)16/h12-13H,3-11H2,1-2H3. The maximum atomic E-state index is 11.1. The highest BCUT2D eigenvalue weighted by Crippen LogP contribution is 2.16. The van der Waals surface area contributed by atoms with E-state index in [-0.39, 0.29) is 0 Å². The lowest BCUT2D eigenvalue weighted by Crippen LogP contribution is -2.39. The molecule has 0 amide bonds. The van der Waals surface area contributed by atoms with Crippen LogP contribution in [0.3, 0.4) is 0 Å². The zero-order chi connectivity index (χ0) is 13.4. The molecule has 0 saturated carbocycles. The molecule has 1 heterocycles. The molecule has 1 aliphatic rings. The highest BCUT2D eigenvalue weighted by Gasteiger charge is 2.23. The molecule has 0 aromatic heterocycles. The quantitative estimate of drug-likeness (QED) is 0.607. The van der Waals surface area contributed by atoms with Crippen molar-refractivity contribution in [2.24, 2.45) is 0 Å². The molecule has 1 unspecified atom stereocenters. The normalized spacial score (nSPS) is 21.6. The third kappa shape index (κ3) is 6.68. The second-order valence-corrected chi connectivity index (χ2v) is 7.27. The van der Waals surface area contributed by atoms with Crippen LogP contribution in [0.2, 0.25) is 0 Å². The summed E-state index contributed by atoms with van der Waals surface area (Å²) in [6.07, 6.45) is 4.47. The zero-order valence-corrected chi connectivity index (χ0v) is 12.3. The van der Waals surface area contributed by atoms with Crippen LogP contribution < -0.4 is 5.32 Å². The van der Waals surface area contributed by atoms with Crippen LogP contribution in [0.15, 0.2) is 0 Å². The summed E-state index contributed by atoms with van der Waals surface area (Å²) in [5, 5.41) is 3.38. The lowest BCUT2D eigenvalue weighted by Gasteiger charge is -2.24. The molecule has 0 bridgehead atoms. The molecule has 1 aliphatic heterocycles. The average molecular weight is 278 g/mol. The first-order chi connectivity index (χ1) is 8.53. The number of hydrogen-bond donors (Lipinski definition) is 1. The van der Waals surface area contributed by atoms with Crippen LogP contribution in [-0.4, -0.2) is 71.3 Å². The molecular weight excluding hydrogens is 252 g/mol. The minimum atomic E-state index is -2.82. The lowest BCUT2D eigenvalue weighted by molar-refractivity contribution is 0.192. The fraction of sp³-hybridized carbons (Fsp3) is 1.00. The summed E-state index contributed by atoms with van der Waals surface area (Å²) in [5.74, 6) is 0.299. The van der Waals surface area contributed by atoms with Crippen molar-refractivity contribution in [3.05, 3.63) is 0 Å². The second kappa shape index (κ2) is 8.09. The van der Waals surface area contributed by atoms with Crippen LogP contribution in [0.5, 0.6) is 0 Å². The van der Waals surface area contributed by atoms with Crippen molar-refractivity contribution in [1.82, 2.24) is 10.2 Å². The highest BCUT2D eigenvalue weighted by molar-refractivity contribution is 7.90. The SMILES string of the molecule is COCCNCC1CCCN1CCCS(C)(=O)=O. The van der Waals surface area contributed by atoms with Crippen LogP contribution in [0.1, 0.15) is 19.3 Å². The number of hydrogen-bond acceptors (Lipinski definition) is 5. The Morgan fingerprint density at radius 1 is 1.44 bits per heavy atom. The summed E-state index contributed by atoms with van der Waals surface area (Å²) in [5.41, 5.74) is 0. The third-order valence-corrected chi connectivity index (χ3v) is 4.35. The van der Waals surface area contributed by atoms with Gasteiger partial charge in [0.25, 0.3) is 0 Å². The second-order valence-electron chi connectivity index (χ2n) is 5.01. The maximum absolute atomic E-state index is 11.1. The Morgan fingerprint density at radius 2 is 2.22 bits per heavy atom. The van der Waals surface area contributed by atoms with Gasteiger partial charge >= 0.3 is 0 Å². The van der Waals surface area contributed by atoms with E-state index >= 15 is 0 Å². The van der Waals surface area contributed by atoms with E-state index in [4.69, 9.17) is 4.74 Å². The van der Waals surface area contributed by atoms with Crippen molar-refractivity contribution in [2.45, 2.75) is 25.3 Å². The van der Waals surface area contributed by atoms with Crippen LogP contribution in [0, 0.1) is 0 Å². The minimum absolute atomic E-state index is 0.299. The van der Waals surface area contributed by atoms with Crippen molar-refractivity contribution >= 4 is 9.84 Å². The van der Waals surface area contributed by atoms with Crippen molar-refractivity contribution in [3.63, 3.8) is 0 Å². The van der Waals surface area contributed by atoms with Crippen LogP contribution in [0.4, 0.5) is 0 Å². The average Bonchev–Trinajstić information content (AvgIpc) is 2.71.